The fraction of sp³-hybridized carbons (Fsp3) is 0.467. The van der Waals surface area contributed by atoms with Crippen LogP contribution in [0.25, 0.3) is 0 Å². The standard InChI is InChI=1S/C15H20ClN3O2S/c1-3-21-15(20)19-9-7-18(8-10-19)14(22)17-13-6-4-5-12(16)11(13)2/h4-6H,3,7-10H2,1-2H3,(H,17,22). The van der Waals surface area contributed by atoms with Crippen LogP contribution in [0.15, 0.2) is 18.2 Å². The molecule has 7 heteroatoms. The van der Waals surface area contributed by atoms with Crippen molar-refractivity contribution in [2.45, 2.75) is 13.8 Å². The second kappa shape index (κ2) is 7.65. The lowest BCUT2D eigenvalue weighted by molar-refractivity contribution is 0.0923. The molecular weight excluding hydrogens is 322 g/mol. The third kappa shape index (κ3) is 4.01. The van der Waals surface area contributed by atoms with E-state index in [-0.39, 0.29) is 6.09 Å². The second-order valence-corrected chi connectivity index (χ2v) is 5.81. The van der Waals surface area contributed by atoms with Crippen LogP contribution in [0.5, 0.6) is 0 Å². The molecule has 2 rings (SSSR count). The Morgan fingerprint density at radius 1 is 1.32 bits per heavy atom. The molecule has 1 fully saturated rings. The number of carbonyl (C=O) groups excluding carboxylic acids is 1. The highest BCUT2D eigenvalue weighted by Gasteiger charge is 2.23. The number of rotatable bonds is 2. The van der Waals surface area contributed by atoms with Crippen molar-refractivity contribution in [1.82, 2.24) is 9.80 Å². The van der Waals surface area contributed by atoms with Crippen LogP contribution >= 0.6 is 23.8 Å². The van der Waals surface area contributed by atoms with Gasteiger partial charge in [0.2, 0.25) is 0 Å². The first kappa shape index (κ1) is 16.8. The van der Waals surface area contributed by atoms with E-state index >= 15 is 0 Å². The van der Waals surface area contributed by atoms with Gasteiger partial charge in [-0.25, -0.2) is 4.79 Å². The molecule has 22 heavy (non-hydrogen) atoms. The van der Waals surface area contributed by atoms with Gasteiger partial charge in [-0.15, -0.1) is 0 Å². The lowest BCUT2D eigenvalue weighted by Crippen LogP contribution is -2.51. The van der Waals surface area contributed by atoms with Gasteiger partial charge < -0.3 is 19.9 Å². The molecule has 1 N–H and O–H groups in total. The van der Waals surface area contributed by atoms with Crippen LogP contribution in [0.1, 0.15) is 12.5 Å². The molecule has 0 unspecified atom stereocenters. The third-order valence-corrected chi connectivity index (χ3v) is 4.37. The topological polar surface area (TPSA) is 44.8 Å². The Kier molecular flexibility index (Phi) is 5.85. The zero-order valence-electron chi connectivity index (χ0n) is 12.8. The van der Waals surface area contributed by atoms with Crippen molar-refractivity contribution in [3.63, 3.8) is 0 Å². The molecule has 0 radical (unpaired) electrons. The molecule has 1 aliphatic rings. The van der Waals surface area contributed by atoms with Gasteiger partial charge in [-0.3, -0.25) is 0 Å². The third-order valence-electron chi connectivity index (χ3n) is 3.60. The Hall–Kier alpha value is -1.53. The molecular formula is C15H20ClN3O2S. The average molecular weight is 342 g/mol. The van der Waals surface area contributed by atoms with E-state index < -0.39 is 0 Å². The SMILES string of the molecule is CCOC(=O)N1CCN(C(=S)Nc2cccc(Cl)c2C)CC1. The summed E-state index contributed by atoms with van der Waals surface area (Å²) in [5.41, 5.74) is 1.88. The second-order valence-electron chi connectivity index (χ2n) is 5.02. The molecule has 120 valence electrons. The van der Waals surface area contributed by atoms with Gasteiger partial charge >= 0.3 is 6.09 Å². The molecule has 1 heterocycles. The fourth-order valence-electron chi connectivity index (χ4n) is 2.24. The average Bonchev–Trinajstić information content (AvgIpc) is 2.52. The number of thiocarbonyl (C=S) groups is 1. The smallest absolute Gasteiger partial charge is 0.409 e. The maximum Gasteiger partial charge on any atom is 0.409 e. The molecule has 1 aliphatic heterocycles. The molecule has 0 bridgehead atoms. The van der Waals surface area contributed by atoms with Crippen molar-refractivity contribution in [1.29, 1.82) is 0 Å². The van der Waals surface area contributed by atoms with E-state index in [1.165, 1.54) is 0 Å². The van der Waals surface area contributed by atoms with Crippen LogP contribution in [0, 0.1) is 6.92 Å². The van der Waals surface area contributed by atoms with E-state index in [2.05, 4.69) is 5.32 Å². The Balaban J connectivity index is 1.90. The Bertz CT molecular complexity index is 560. The molecule has 1 saturated heterocycles. The largest absolute Gasteiger partial charge is 0.450 e. The summed E-state index contributed by atoms with van der Waals surface area (Å²) in [5.74, 6) is 0. The summed E-state index contributed by atoms with van der Waals surface area (Å²) in [5, 5.41) is 4.58. The first-order chi connectivity index (χ1) is 10.5. The summed E-state index contributed by atoms with van der Waals surface area (Å²) in [6.07, 6.45) is -0.258. The van der Waals surface area contributed by atoms with Gasteiger partial charge in [0.15, 0.2) is 5.11 Å². The Morgan fingerprint density at radius 3 is 2.59 bits per heavy atom. The zero-order chi connectivity index (χ0) is 16.1. The highest BCUT2D eigenvalue weighted by Crippen LogP contribution is 2.23. The summed E-state index contributed by atoms with van der Waals surface area (Å²) in [6, 6.07) is 5.69. The van der Waals surface area contributed by atoms with Gasteiger partial charge in [0.1, 0.15) is 0 Å². The predicted octanol–water partition coefficient (Wildman–Crippen LogP) is 3.12. The molecule has 0 saturated carbocycles. The number of ether oxygens (including phenoxy) is 1. The van der Waals surface area contributed by atoms with Gasteiger partial charge in [-0.05, 0) is 43.8 Å². The van der Waals surface area contributed by atoms with Gasteiger partial charge in [0.05, 0.1) is 6.61 Å². The maximum absolute atomic E-state index is 11.7. The number of nitrogens with zero attached hydrogens (tertiary/aromatic N) is 2. The minimum Gasteiger partial charge on any atom is -0.450 e. The number of hydrogen-bond acceptors (Lipinski definition) is 3. The number of halogens is 1. The monoisotopic (exact) mass is 341 g/mol. The fourth-order valence-corrected chi connectivity index (χ4v) is 2.71. The van der Waals surface area contributed by atoms with Crippen molar-refractivity contribution in [3.8, 4) is 0 Å². The first-order valence-electron chi connectivity index (χ1n) is 7.25. The molecule has 0 spiro atoms. The number of piperazine rings is 1. The normalized spacial score (nSPS) is 14.7. The molecule has 1 aromatic carbocycles. The quantitative estimate of drug-likeness (QED) is 0.837. The van der Waals surface area contributed by atoms with Gasteiger partial charge in [0.25, 0.3) is 0 Å². The van der Waals surface area contributed by atoms with Crippen molar-refractivity contribution in [2.75, 3.05) is 38.1 Å². The van der Waals surface area contributed by atoms with E-state index in [9.17, 15) is 4.79 Å². The predicted molar refractivity (Wildman–Crippen MR) is 92.6 cm³/mol. The lowest BCUT2D eigenvalue weighted by atomic mass is 10.2. The van der Waals surface area contributed by atoms with E-state index in [1.54, 1.807) is 11.8 Å². The molecule has 1 aromatic rings. The number of hydrogen-bond donors (Lipinski definition) is 1. The molecule has 0 aromatic heterocycles. The van der Waals surface area contributed by atoms with Crippen molar-refractivity contribution >= 4 is 40.7 Å². The van der Waals surface area contributed by atoms with Crippen LogP contribution in [0.2, 0.25) is 5.02 Å². The van der Waals surface area contributed by atoms with E-state index in [1.807, 2.05) is 30.0 Å². The van der Waals surface area contributed by atoms with Crippen molar-refractivity contribution in [3.05, 3.63) is 28.8 Å². The van der Waals surface area contributed by atoms with Gasteiger partial charge in [-0.2, -0.15) is 0 Å². The van der Waals surface area contributed by atoms with Gasteiger partial charge in [-0.1, -0.05) is 17.7 Å². The van der Waals surface area contributed by atoms with E-state index in [4.69, 9.17) is 28.6 Å². The molecule has 0 atom stereocenters. The summed E-state index contributed by atoms with van der Waals surface area (Å²) in [6.45, 7) is 6.73. The van der Waals surface area contributed by atoms with Crippen LogP contribution < -0.4 is 5.32 Å². The summed E-state index contributed by atoms with van der Waals surface area (Å²) in [4.78, 5) is 15.4. The number of nitrogens with one attached hydrogen (secondary N) is 1. The summed E-state index contributed by atoms with van der Waals surface area (Å²) >= 11 is 11.6. The van der Waals surface area contributed by atoms with E-state index in [0.717, 1.165) is 11.3 Å². The number of benzene rings is 1. The highest BCUT2D eigenvalue weighted by molar-refractivity contribution is 7.80. The van der Waals surface area contributed by atoms with Crippen molar-refractivity contribution in [2.24, 2.45) is 0 Å². The van der Waals surface area contributed by atoms with Crippen LogP contribution in [-0.4, -0.2) is 53.8 Å². The lowest BCUT2D eigenvalue weighted by Gasteiger charge is -2.35. The minimum atomic E-state index is -0.258. The summed E-state index contributed by atoms with van der Waals surface area (Å²) < 4.78 is 5.01. The maximum atomic E-state index is 11.7. The van der Waals surface area contributed by atoms with Crippen LogP contribution in [-0.2, 0) is 4.74 Å². The van der Waals surface area contributed by atoms with E-state index in [0.29, 0.717) is 42.9 Å². The molecule has 1 amide bonds. The minimum absolute atomic E-state index is 0.258. The number of carbonyl (C=O) groups is 1. The van der Waals surface area contributed by atoms with Crippen molar-refractivity contribution < 1.29 is 9.53 Å². The molecule has 5 nitrogen and oxygen atoms in total. The molecule has 0 aliphatic carbocycles. The van der Waals surface area contributed by atoms with Gasteiger partial charge in [0, 0.05) is 36.9 Å². The van der Waals surface area contributed by atoms with Crippen LogP contribution in [0.4, 0.5) is 10.5 Å². The zero-order valence-corrected chi connectivity index (χ0v) is 14.3. The first-order valence-corrected chi connectivity index (χ1v) is 8.04. The van der Waals surface area contributed by atoms with Crippen LogP contribution in [0.3, 0.4) is 0 Å². The Morgan fingerprint density at radius 2 is 1.95 bits per heavy atom. The summed E-state index contributed by atoms with van der Waals surface area (Å²) in [7, 11) is 0. The highest BCUT2D eigenvalue weighted by atomic mass is 35.5. The number of anilines is 1. The Labute approximate surface area is 141 Å². The number of amides is 1.